The third-order valence-electron chi connectivity index (χ3n) is 0.328. The van der Waals surface area contributed by atoms with Crippen molar-refractivity contribution in [3.05, 3.63) is 0 Å². The van der Waals surface area contributed by atoms with Crippen molar-refractivity contribution in [2.75, 3.05) is 14.2 Å². The molecule has 0 rings (SSSR count). The largest absolute Gasteiger partial charge is 0.487 e. The summed E-state index contributed by atoms with van der Waals surface area (Å²) in [6, 6.07) is 0. The molecular formula is C3H9NO5S. The summed E-state index contributed by atoms with van der Waals surface area (Å²) in [4.78, 5) is 0. The smallest absolute Gasteiger partial charge is 0.397 e. The van der Waals surface area contributed by atoms with Gasteiger partial charge in [0.15, 0.2) is 6.40 Å². The average molecular weight is 171 g/mol. The number of hydrogen-bond donors (Lipinski definition) is 2. The van der Waals surface area contributed by atoms with Gasteiger partial charge < -0.3 is 4.74 Å². The lowest BCUT2D eigenvalue weighted by atomic mass is 11.5. The molecule has 0 amide bonds. The first-order chi connectivity index (χ1) is 4.47. The van der Waals surface area contributed by atoms with Gasteiger partial charge in [-0.1, -0.05) is 0 Å². The van der Waals surface area contributed by atoms with Gasteiger partial charge in [-0.15, -0.1) is 0 Å². The SMILES string of the molecule is COC=N.COS(=O)(=O)O. The Morgan fingerprint density at radius 3 is 1.70 bits per heavy atom. The second kappa shape index (κ2) is 6.46. The molecule has 0 aromatic rings. The predicted octanol–water partition coefficient (Wildman–Crippen LogP) is -0.325. The molecule has 0 aromatic carbocycles. The summed E-state index contributed by atoms with van der Waals surface area (Å²) >= 11 is 0. The minimum Gasteiger partial charge on any atom is -0.487 e. The van der Waals surface area contributed by atoms with Crippen LogP contribution in [0.15, 0.2) is 0 Å². The van der Waals surface area contributed by atoms with E-state index in [1.807, 2.05) is 0 Å². The molecule has 62 valence electrons. The first-order valence-electron chi connectivity index (χ1n) is 2.02. The van der Waals surface area contributed by atoms with Gasteiger partial charge in [0.25, 0.3) is 0 Å². The fourth-order valence-electron chi connectivity index (χ4n) is 0. The van der Waals surface area contributed by atoms with Crippen LogP contribution in [-0.4, -0.2) is 33.6 Å². The van der Waals surface area contributed by atoms with Crippen LogP contribution in [0.4, 0.5) is 0 Å². The van der Waals surface area contributed by atoms with E-state index in [2.05, 4.69) is 8.92 Å². The lowest BCUT2D eigenvalue weighted by molar-refractivity contribution is 0.324. The second-order valence-corrected chi connectivity index (χ2v) is 2.14. The molecule has 7 heteroatoms. The molecule has 0 unspecified atom stereocenters. The zero-order chi connectivity index (χ0) is 8.62. The van der Waals surface area contributed by atoms with E-state index in [-0.39, 0.29) is 0 Å². The Morgan fingerprint density at radius 2 is 1.70 bits per heavy atom. The first-order valence-corrected chi connectivity index (χ1v) is 3.39. The molecule has 0 radical (unpaired) electrons. The molecule has 0 saturated carbocycles. The molecule has 0 heterocycles. The van der Waals surface area contributed by atoms with Gasteiger partial charge in [0.2, 0.25) is 0 Å². The molecule has 0 aliphatic carbocycles. The number of ether oxygens (including phenoxy) is 1. The molecule has 0 aliphatic rings. The topological polar surface area (TPSA) is 96.7 Å². The van der Waals surface area contributed by atoms with Crippen LogP contribution in [0.5, 0.6) is 0 Å². The van der Waals surface area contributed by atoms with E-state index in [0.29, 0.717) is 0 Å². The Kier molecular flexibility index (Phi) is 7.79. The van der Waals surface area contributed by atoms with Crippen molar-refractivity contribution in [2.45, 2.75) is 0 Å². The van der Waals surface area contributed by atoms with Crippen molar-refractivity contribution in [3.63, 3.8) is 0 Å². The standard InChI is InChI=1S/C2H5NO.CH4O4S/c1-4-2-3;1-5-6(2,3)4/h2-3H,1H3;1H3,(H,2,3,4). The van der Waals surface area contributed by atoms with Gasteiger partial charge in [0.1, 0.15) is 0 Å². The summed E-state index contributed by atoms with van der Waals surface area (Å²) in [6.07, 6.45) is 0.875. The summed E-state index contributed by atoms with van der Waals surface area (Å²) in [5, 5.41) is 6.10. The molecule has 6 nitrogen and oxygen atoms in total. The Bertz CT molecular complexity index is 162. The highest BCUT2D eigenvalue weighted by molar-refractivity contribution is 7.80. The summed E-state index contributed by atoms with van der Waals surface area (Å²) in [5.41, 5.74) is 0. The van der Waals surface area contributed by atoms with Gasteiger partial charge in [-0.2, -0.15) is 8.42 Å². The molecule has 0 bridgehead atoms. The van der Waals surface area contributed by atoms with Gasteiger partial charge in [-0.25, -0.2) is 0 Å². The fraction of sp³-hybridized carbons (Fsp3) is 0.667. The Balaban J connectivity index is 0. The Labute approximate surface area is 59.2 Å². The molecule has 0 aromatic heterocycles. The number of hydrogen-bond acceptors (Lipinski definition) is 5. The summed E-state index contributed by atoms with van der Waals surface area (Å²) in [5.74, 6) is 0. The zero-order valence-electron chi connectivity index (χ0n) is 5.57. The van der Waals surface area contributed by atoms with Crippen LogP contribution in [0.2, 0.25) is 0 Å². The minimum absolute atomic E-state index is 0.870. The highest BCUT2D eigenvalue weighted by Crippen LogP contribution is 1.74. The second-order valence-electron chi connectivity index (χ2n) is 0.948. The molecule has 2 N–H and O–H groups in total. The van der Waals surface area contributed by atoms with Crippen molar-refractivity contribution in [3.8, 4) is 0 Å². The van der Waals surface area contributed by atoms with Crippen molar-refractivity contribution in [1.29, 1.82) is 5.41 Å². The van der Waals surface area contributed by atoms with E-state index >= 15 is 0 Å². The molecule has 10 heavy (non-hydrogen) atoms. The van der Waals surface area contributed by atoms with Crippen LogP contribution in [-0.2, 0) is 19.3 Å². The van der Waals surface area contributed by atoms with E-state index in [1.165, 1.54) is 7.11 Å². The molecule has 0 atom stereocenters. The van der Waals surface area contributed by atoms with Crippen LogP contribution >= 0.6 is 0 Å². The maximum Gasteiger partial charge on any atom is 0.397 e. The van der Waals surface area contributed by atoms with Crippen molar-refractivity contribution in [2.24, 2.45) is 0 Å². The maximum absolute atomic E-state index is 9.33. The zero-order valence-corrected chi connectivity index (χ0v) is 6.38. The van der Waals surface area contributed by atoms with E-state index in [4.69, 9.17) is 9.96 Å². The van der Waals surface area contributed by atoms with Crippen molar-refractivity contribution < 1.29 is 21.9 Å². The summed E-state index contributed by atoms with van der Waals surface area (Å²) in [7, 11) is -1.85. The highest BCUT2D eigenvalue weighted by atomic mass is 32.3. The Morgan fingerprint density at radius 1 is 1.50 bits per heavy atom. The van der Waals surface area contributed by atoms with Crippen LogP contribution in [0, 0.1) is 5.41 Å². The molecular weight excluding hydrogens is 162 g/mol. The summed E-state index contributed by atoms with van der Waals surface area (Å²) in [6.45, 7) is 0. The van der Waals surface area contributed by atoms with Gasteiger partial charge in [-0.3, -0.25) is 14.1 Å². The minimum atomic E-state index is -4.16. The van der Waals surface area contributed by atoms with E-state index < -0.39 is 10.4 Å². The number of methoxy groups -OCH3 is 1. The van der Waals surface area contributed by atoms with Crippen LogP contribution in [0.3, 0.4) is 0 Å². The van der Waals surface area contributed by atoms with Gasteiger partial charge >= 0.3 is 10.4 Å². The normalized spacial score (nSPS) is 9.10. The van der Waals surface area contributed by atoms with Crippen LogP contribution in [0.1, 0.15) is 0 Å². The van der Waals surface area contributed by atoms with Gasteiger partial charge in [-0.05, 0) is 0 Å². The quantitative estimate of drug-likeness (QED) is 0.337. The first kappa shape index (κ1) is 12.1. The van der Waals surface area contributed by atoms with E-state index in [9.17, 15) is 8.42 Å². The van der Waals surface area contributed by atoms with Gasteiger partial charge in [0.05, 0.1) is 14.2 Å². The van der Waals surface area contributed by atoms with Crippen molar-refractivity contribution >= 4 is 16.8 Å². The maximum atomic E-state index is 9.33. The third kappa shape index (κ3) is 26.4. The number of rotatable bonds is 2. The predicted molar refractivity (Wildman–Crippen MR) is 34.4 cm³/mol. The number of nitrogens with one attached hydrogen (secondary N) is 1. The fourth-order valence-corrected chi connectivity index (χ4v) is 0. The van der Waals surface area contributed by atoms with Crippen LogP contribution < -0.4 is 0 Å². The highest BCUT2D eigenvalue weighted by Gasteiger charge is 1.93. The van der Waals surface area contributed by atoms with E-state index in [1.54, 1.807) is 0 Å². The molecule has 0 fully saturated rings. The molecule has 0 spiro atoms. The summed E-state index contributed by atoms with van der Waals surface area (Å²) < 4.78 is 33.8. The van der Waals surface area contributed by atoms with Crippen LogP contribution in [0.25, 0.3) is 0 Å². The van der Waals surface area contributed by atoms with Crippen molar-refractivity contribution in [1.82, 2.24) is 0 Å². The molecule has 0 aliphatic heterocycles. The van der Waals surface area contributed by atoms with E-state index in [0.717, 1.165) is 13.5 Å². The monoisotopic (exact) mass is 171 g/mol. The van der Waals surface area contributed by atoms with Gasteiger partial charge in [0, 0.05) is 0 Å². The lowest BCUT2D eigenvalue weighted by Gasteiger charge is -1.82. The molecule has 0 saturated heterocycles. The Hall–Kier alpha value is -0.660. The third-order valence-corrected chi connectivity index (χ3v) is 0.750. The lowest BCUT2D eigenvalue weighted by Crippen LogP contribution is -1.96. The average Bonchev–Trinajstić information content (AvgIpc) is 1.87.